The molecule has 0 amide bonds. The monoisotopic (exact) mass is 278 g/mol. The molecular weight excluding hydrogens is 248 g/mol. The van der Waals surface area contributed by atoms with Crippen molar-refractivity contribution in [3.05, 3.63) is 23.8 Å². The van der Waals surface area contributed by atoms with E-state index in [2.05, 4.69) is 56.1 Å². The molecule has 0 heterocycles. The Labute approximate surface area is 124 Å². The molecule has 3 nitrogen and oxygen atoms in total. The maximum absolute atomic E-state index is 6.04. The Morgan fingerprint density at radius 2 is 1.80 bits per heavy atom. The van der Waals surface area contributed by atoms with E-state index in [1.54, 1.807) is 0 Å². The zero-order valence-electron chi connectivity index (χ0n) is 13.7. The Morgan fingerprint density at radius 1 is 1.15 bits per heavy atom. The van der Waals surface area contributed by atoms with Crippen molar-refractivity contribution in [3.8, 4) is 5.75 Å². The molecule has 0 saturated carbocycles. The molecule has 0 aromatic heterocycles. The first-order valence-corrected chi connectivity index (χ1v) is 7.81. The van der Waals surface area contributed by atoms with Crippen LogP contribution in [0.2, 0.25) is 0 Å². The van der Waals surface area contributed by atoms with Crippen LogP contribution in [-0.4, -0.2) is 26.2 Å². The summed E-state index contributed by atoms with van der Waals surface area (Å²) in [5, 5.41) is 3.19. The molecule has 1 N–H and O–H groups in total. The lowest BCUT2D eigenvalue weighted by Crippen LogP contribution is -2.26. The van der Waals surface area contributed by atoms with Crippen molar-refractivity contribution >= 4 is 5.69 Å². The summed E-state index contributed by atoms with van der Waals surface area (Å²) in [5.74, 6) is 1.01. The maximum atomic E-state index is 6.04. The van der Waals surface area contributed by atoms with E-state index in [0.717, 1.165) is 38.2 Å². The van der Waals surface area contributed by atoms with Gasteiger partial charge in [0.05, 0.1) is 11.8 Å². The van der Waals surface area contributed by atoms with E-state index in [4.69, 9.17) is 4.74 Å². The van der Waals surface area contributed by atoms with Gasteiger partial charge in [-0.15, -0.1) is 0 Å². The number of hydrogen-bond donors (Lipinski definition) is 1. The van der Waals surface area contributed by atoms with Crippen molar-refractivity contribution in [2.75, 3.05) is 25.0 Å². The van der Waals surface area contributed by atoms with Gasteiger partial charge in [0.15, 0.2) is 0 Å². The molecule has 0 unspecified atom stereocenters. The predicted molar refractivity (Wildman–Crippen MR) is 87.8 cm³/mol. The molecule has 1 aromatic carbocycles. The largest absolute Gasteiger partial charge is 0.489 e. The molecule has 114 valence electrons. The Bertz CT molecular complexity index is 385. The van der Waals surface area contributed by atoms with Crippen LogP contribution in [0, 0.1) is 0 Å². The van der Waals surface area contributed by atoms with E-state index in [-0.39, 0.29) is 6.10 Å². The molecule has 1 rings (SSSR count). The van der Waals surface area contributed by atoms with Gasteiger partial charge < -0.3 is 15.0 Å². The highest BCUT2D eigenvalue weighted by Gasteiger charge is 2.13. The predicted octanol–water partition coefficient (Wildman–Crippen LogP) is 3.82. The fourth-order valence-electron chi connectivity index (χ4n) is 2.37. The zero-order valence-corrected chi connectivity index (χ0v) is 13.7. The number of hydrogen-bond acceptors (Lipinski definition) is 3. The van der Waals surface area contributed by atoms with Gasteiger partial charge in [-0.3, -0.25) is 0 Å². The average Bonchev–Trinajstić information content (AvgIpc) is 2.39. The normalized spacial score (nSPS) is 10.9. The van der Waals surface area contributed by atoms with Crippen LogP contribution in [0.15, 0.2) is 18.2 Å². The van der Waals surface area contributed by atoms with Gasteiger partial charge in [-0.05, 0) is 51.4 Å². The lowest BCUT2D eigenvalue weighted by molar-refractivity contribution is 0.242. The standard InChI is InChI=1S/C17H30N2O/c1-6-10-19(11-7-2)16-9-8-15(13-18-5)12-17(16)20-14(3)4/h8-9,12,14,18H,6-7,10-11,13H2,1-5H3. The lowest BCUT2D eigenvalue weighted by Gasteiger charge is -2.27. The van der Waals surface area contributed by atoms with E-state index in [1.165, 1.54) is 11.3 Å². The van der Waals surface area contributed by atoms with Gasteiger partial charge in [-0.25, -0.2) is 0 Å². The molecule has 0 bridgehead atoms. The van der Waals surface area contributed by atoms with Crippen molar-refractivity contribution in [1.82, 2.24) is 5.32 Å². The first kappa shape index (κ1) is 16.8. The van der Waals surface area contributed by atoms with Gasteiger partial charge >= 0.3 is 0 Å². The van der Waals surface area contributed by atoms with Crippen molar-refractivity contribution in [1.29, 1.82) is 0 Å². The number of rotatable bonds is 9. The minimum Gasteiger partial charge on any atom is -0.489 e. The Kier molecular flexibility index (Phi) is 7.45. The molecular formula is C17H30N2O. The minimum absolute atomic E-state index is 0.198. The summed E-state index contributed by atoms with van der Waals surface area (Å²) < 4.78 is 6.04. The zero-order chi connectivity index (χ0) is 15.0. The summed E-state index contributed by atoms with van der Waals surface area (Å²) in [6.07, 6.45) is 2.50. The van der Waals surface area contributed by atoms with E-state index in [1.807, 2.05) is 7.05 Å². The molecule has 0 saturated heterocycles. The molecule has 0 spiro atoms. The summed E-state index contributed by atoms with van der Waals surface area (Å²) in [6, 6.07) is 6.57. The van der Waals surface area contributed by atoms with Gasteiger partial charge in [-0.1, -0.05) is 19.9 Å². The van der Waals surface area contributed by atoms with Crippen LogP contribution in [0.3, 0.4) is 0 Å². The van der Waals surface area contributed by atoms with Gasteiger partial charge in [0.1, 0.15) is 5.75 Å². The molecule has 0 fully saturated rings. The number of nitrogens with zero attached hydrogens (tertiary/aromatic N) is 1. The van der Waals surface area contributed by atoms with Gasteiger partial charge in [0.2, 0.25) is 0 Å². The smallest absolute Gasteiger partial charge is 0.143 e. The van der Waals surface area contributed by atoms with E-state index in [9.17, 15) is 0 Å². The Hall–Kier alpha value is -1.22. The summed E-state index contributed by atoms with van der Waals surface area (Å²) in [6.45, 7) is 11.6. The second-order valence-corrected chi connectivity index (χ2v) is 5.49. The lowest BCUT2D eigenvalue weighted by atomic mass is 10.1. The van der Waals surface area contributed by atoms with Gasteiger partial charge in [-0.2, -0.15) is 0 Å². The van der Waals surface area contributed by atoms with Crippen molar-refractivity contribution in [3.63, 3.8) is 0 Å². The molecule has 20 heavy (non-hydrogen) atoms. The number of nitrogens with one attached hydrogen (secondary N) is 1. The quantitative estimate of drug-likeness (QED) is 0.743. The fraction of sp³-hybridized carbons (Fsp3) is 0.647. The Balaban J connectivity index is 3.06. The first-order valence-electron chi connectivity index (χ1n) is 7.81. The van der Waals surface area contributed by atoms with Crippen LogP contribution in [0.1, 0.15) is 46.1 Å². The van der Waals surface area contributed by atoms with Gasteiger partial charge in [0, 0.05) is 19.6 Å². The summed E-state index contributed by atoms with van der Waals surface area (Å²) >= 11 is 0. The average molecular weight is 278 g/mol. The van der Waals surface area contributed by atoms with Crippen LogP contribution in [0.5, 0.6) is 5.75 Å². The highest BCUT2D eigenvalue weighted by Crippen LogP contribution is 2.31. The summed E-state index contributed by atoms with van der Waals surface area (Å²) in [4.78, 5) is 2.43. The van der Waals surface area contributed by atoms with E-state index in [0.29, 0.717) is 0 Å². The van der Waals surface area contributed by atoms with Crippen LogP contribution >= 0.6 is 0 Å². The molecule has 0 atom stereocenters. The molecule has 0 radical (unpaired) electrons. The summed E-state index contributed by atoms with van der Waals surface area (Å²) in [7, 11) is 1.97. The molecule has 1 aromatic rings. The highest BCUT2D eigenvalue weighted by atomic mass is 16.5. The second kappa shape index (κ2) is 8.85. The topological polar surface area (TPSA) is 24.5 Å². The third-order valence-electron chi connectivity index (χ3n) is 3.10. The van der Waals surface area contributed by atoms with Crippen molar-refractivity contribution < 1.29 is 4.74 Å². The second-order valence-electron chi connectivity index (χ2n) is 5.49. The third-order valence-corrected chi connectivity index (χ3v) is 3.10. The summed E-state index contributed by atoms with van der Waals surface area (Å²) in [5.41, 5.74) is 2.49. The van der Waals surface area contributed by atoms with Crippen LogP contribution < -0.4 is 15.0 Å². The number of benzene rings is 1. The van der Waals surface area contributed by atoms with Crippen LogP contribution in [0.4, 0.5) is 5.69 Å². The first-order chi connectivity index (χ1) is 9.62. The number of anilines is 1. The van der Waals surface area contributed by atoms with E-state index >= 15 is 0 Å². The Morgan fingerprint density at radius 3 is 2.30 bits per heavy atom. The minimum atomic E-state index is 0.198. The van der Waals surface area contributed by atoms with Crippen LogP contribution in [-0.2, 0) is 6.54 Å². The van der Waals surface area contributed by atoms with Crippen molar-refractivity contribution in [2.45, 2.75) is 53.2 Å². The molecule has 0 aliphatic carbocycles. The van der Waals surface area contributed by atoms with Crippen LogP contribution in [0.25, 0.3) is 0 Å². The molecule has 0 aliphatic rings. The highest BCUT2D eigenvalue weighted by molar-refractivity contribution is 5.60. The fourth-order valence-corrected chi connectivity index (χ4v) is 2.37. The third kappa shape index (κ3) is 5.04. The van der Waals surface area contributed by atoms with E-state index < -0.39 is 0 Å². The molecule has 3 heteroatoms. The SMILES string of the molecule is CCCN(CCC)c1ccc(CNC)cc1OC(C)C. The molecule has 0 aliphatic heterocycles. The van der Waals surface area contributed by atoms with Gasteiger partial charge in [0.25, 0.3) is 0 Å². The number of ether oxygens (including phenoxy) is 1. The van der Waals surface area contributed by atoms with Crippen molar-refractivity contribution in [2.24, 2.45) is 0 Å². The maximum Gasteiger partial charge on any atom is 0.143 e.